The molecule has 1 fully saturated rings. The molecule has 0 radical (unpaired) electrons. The van der Waals surface area contributed by atoms with E-state index in [2.05, 4.69) is 5.32 Å². The minimum atomic E-state index is -4.56. The fraction of sp³-hybridized carbons (Fsp3) is 0.538. The van der Waals surface area contributed by atoms with Gasteiger partial charge in [0.1, 0.15) is 4.90 Å². The van der Waals surface area contributed by atoms with Gasteiger partial charge in [-0.1, -0.05) is 11.6 Å². The Morgan fingerprint density at radius 3 is 2.30 bits per heavy atom. The molecule has 0 spiro atoms. The van der Waals surface area contributed by atoms with Gasteiger partial charge >= 0.3 is 6.18 Å². The van der Waals surface area contributed by atoms with Crippen LogP contribution in [0.5, 0.6) is 0 Å². The Kier molecular flexibility index (Phi) is 6.74. The van der Waals surface area contributed by atoms with Crippen LogP contribution in [0.1, 0.15) is 18.4 Å². The number of nitrogens with zero attached hydrogens (tertiary/aromatic N) is 1. The maximum absolute atomic E-state index is 12.6. The third-order valence-corrected chi connectivity index (χ3v) is 6.13. The first-order chi connectivity index (χ1) is 10.1. The highest BCUT2D eigenvalue weighted by molar-refractivity contribution is 7.89. The van der Waals surface area contributed by atoms with Crippen molar-refractivity contribution in [2.45, 2.75) is 30.0 Å². The number of halogens is 5. The molecule has 1 saturated heterocycles. The van der Waals surface area contributed by atoms with E-state index in [9.17, 15) is 21.6 Å². The van der Waals surface area contributed by atoms with Crippen LogP contribution in [0.3, 0.4) is 0 Å². The molecule has 0 atom stereocenters. The molecule has 1 aliphatic rings. The highest BCUT2D eigenvalue weighted by Gasteiger charge is 2.34. The van der Waals surface area contributed by atoms with Gasteiger partial charge in [0.2, 0.25) is 10.0 Å². The van der Waals surface area contributed by atoms with Gasteiger partial charge in [-0.25, -0.2) is 8.42 Å². The van der Waals surface area contributed by atoms with Crippen molar-refractivity contribution in [3.63, 3.8) is 0 Å². The molecular formula is C13H17Cl2F3N2O2S. The molecule has 0 aromatic heterocycles. The number of benzene rings is 1. The molecular weight excluding hydrogens is 376 g/mol. The Bertz CT molecular complexity index is 647. The van der Waals surface area contributed by atoms with Gasteiger partial charge in [0, 0.05) is 13.1 Å². The lowest BCUT2D eigenvalue weighted by atomic mass is 10.1. The largest absolute Gasteiger partial charge is 0.416 e. The number of sulfonamides is 1. The van der Waals surface area contributed by atoms with Crippen molar-refractivity contribution in [3.8, 4) is 0 Å². The lowest BCUT2D eigenvalue weighted by Gasteiger charge is -2.31. The zero-order chi connectivity index (χ0) is 16.5. The molecule has 0 saturated carbocycles. The number of rotatable bonds is 3. The third-order valence-electron chi connectivity index (χ3n) is 3.74. The van der Waals surface area contributed by atoms with Gasteiger partial charge < -0.3 is 5.32 Å². The minimum absolute atomic E-state index is 0. The van der Waals surface area contributed by atoms with E-state index in [0.29, 0.717) is 32.0 Å². The number of hydrogen-bond acceptors (Lipinski definition) is 3. The summed E-state index contributed by atoms with van der Waals surface area (Å²) in [6.07, 6.45) is -3.27. The topological polar surface area (TPSA) is 49.4 Å². The molecule has 0 unspecified atom stereocenters. The highest BCUT2D eigenvalue weighted by atomic mass is 35.5. The summed E-state index contributed by atoms with van der Waals surface area (Å²) >= 11 is 5.78. The average molecular weight is 393 g/mol. The van der Waals surface area contributed by atoms with Crippen LogP contribution in [0.2, 0.25) is 5.02 Å². The maximum Gasteiger partial charge on any atom is 0.416 e. The van der Waals surface area contributed by atoms with Gasteiger partial charge in [-0.05, 0) is 44.1 Å². The first-order valence-electron chi connectivity index (χ1n) is 6.69. The van der Waals surface area contributed by atoms with Crippen LogP contribution >= 0.6 is 24.0 Å². The van der Waals surface area contributed by atoms with E-state index in [0.717, 1.165) is 12.1 Å². The number of alkyl halides is 3. The molecule has 1 aliphatic heterocycles. The molecule has 132 valence electrons. The molecule has 23 heavy (non-hydrogen) atoms. The van der Waals surface area contributed by atoms with E-state index >= 15 is 0 Å². The zero-order valence-electron chi connectivity index (χ0n) is 12.2. The smallest absolute Gasteiger partial charge is 0.317 e. The molecule has 1 aromatic carbocycles. The summed E-state index contributed by atoms with van der Waals surface area (Å²) in [4.78, 5) is -0.303. The zero-order valence-corrected chi connectivity index (χ0v) is 14.6. The van der Waals surface area contributed by atoms with Gasteiger partial charge in [0.25, 0.3) is 0 Å². The standard InChI is InChI=1S/C13H16ClF3N2O2S.ClH/c1-19(10-4-6-18-7-5-10)22(20,21)12-3-2-9(8-11(12)14)13(15,16)17;/h2-3,8,10,18H,4-7H2,1H3;1H. The predicted molar refractivity (Wildman–Crippen MR) is 84.5 cm³/mol. The van der Waals surface area contributed by atoms with Crippen molar-refractivity contribution < 1.29 is 21.6 Å². The summed E-state index contributed by atoms with van der Waals surface area (Å²) in [5.41, 5.74) is -0.971. The Hall–Kier alpha value is -0.540. The molecule has 1 N–H and O–H groups in total. The molecule has 10 heteroatoms. The van der Waals surface area contributed by atoms with Crippen LogP contribution in [0.15, 0.2) is 23.1 Å². The molecule has 0 aliphatic carbocycles. The van der Waals surface area contributed by atoms with Gasteiger partial charge in [-0.2, -0.15) is 17.5 Å². The summed E-state index contributed by atoms with van der Waals surface area (Å²) in [7, 11) is -2.50. The molecule has 2 rings (SSSR count). The Labute approximate surface area is 144 Å². The van der Waals surface area contributed by atoms with Crippen molar-refractivity contribution in [3.05, 3.63) is 28.8 Å². The second-order valence-corrected chi connectivity index (χ2v) is 7.52. The summed E-state index contributed by atoms with van der Waals surface area (Å²) in [6, 6.07) is 2.10. The van der Waals surface area contributed by atoms with Crippen molar-refractivity contribution in [1.29, 1.82) is 0 Å². The van der Waals surface area contributed by atoms with E-state index < -0.39 is 26.8 Å². The van der Waals surface area contributed by atoms with Crippen LogP contribution in [0.4, 0.5) is 13.2 Å². The number of nitrogens with one attached hydrogen (secondary N) is 1. The first-order valence-corrected chi connectivity index (χ1v) is 8.51. The lowest BCUT2D eigenvalue weighted by molar-refractivity contribution is -0.137. The second-order valence-electron chi connectivity index (χ2n) is 5.15. The molecule has 4 nitrogen and oxygen atoms in total. The molecule has 1 aromatic rings. The van der Waals surface area contributed by atoms with Gasteiger partial charge in [0.05, 0.1) is 10.6 Å². The molecule has 0 amide bonds. The lowest BCUT2D eigenvalue weighted by Crippen LogP contribution is -2.43. The Morgan fingerprint density at radius 2 is 1.83 bits per heavy atom. The Morgan fingerprint density at radius 1 is 1.26 bits per heavy atom. The quantitative estimate of drug-likeness (QED) is 0.859. The average Bonchev–Trinajstić information content (AvgIpc) is 2.46. The van der Waals surface area contributed by atoms with Crippen LogP contribution in [-0.4, -0.2) is 38.9 Å². The monoisotopic (exact) mass is 392 g/mol. The maximum atomic E-state index is 12.6. The van der Waals surface area contributed by atoms with E-state index in [1.54, 1.807) is 0 Å². The van der Waals surface area contributed by atoms with Crippen LogP contribution in [0, 0.1) is 0 Å². The third kappa shape index (κ3) is 4.51. The summed E-state index contributed by atoms with van der Waals surface area (Å²) < 4.78 is 64.2. The summed E-state index contributed by atoms with van der Waals surface area (Å²) in [6.45, 7) is 1.40. The van der Waals surface area contributed by atoms with Crippen molar-refractivity contribution in [1.82, 2.24) is 9.62 Å². The van der Waals surface area contributed by atoms with Gasteiger partial charge in [0.15, 0.2) is 0 Å². The molecule has 1 heterocycles. The fourth-order valence-corrected chi connectivity index (χ4v) is 4.34. The SMILES string of the molecule is CN(C1CCNCC1)S(=O)(=O)c1ccc(C(F)(F)F)cc1Cl.Cl. The normalized spacial score (nSPS) is 17.1. The van der Waals surface area contributed by atoms with E-state index in [1.807, 2.05) is 0 Å². The molecule has 0 bridgehead atoms. The highest BCUT2D eigenvalue weighted by Crippen LogP contribution is 2.34. The van der Waals surface area contributed by atoms with Crippen molar-refractivity contribution in [2.24, 2.45) is 0 Å². The van der Waals surface area contributed by atoms with Crippen molar-refractivity contribution in [2.75, 3.05) is 20.1 Å². The van der Waals surface area contributed by atoms with Gasteiger partial charge in [-0.3, -0.25) is 0 Å². The number of piperidine rings is 1. The van der Waals surface area contributed by atoms with Gasteiger partial charge in [-0.15, -0.1) is 12.4 Å². The minimum Gasteiger partial charge on any atom is -0.317 e. The van der Waals surface area contributed by atoms with Crippen LogP contribution in [-0.2, 0) is 16.2 Å². The van der Waals surface area contributed by atoms with Crippen LogP contribution < -0.4 is 5.32 Å². The Balaban J connectivity index is 0.00000264. The fourth-order valence-electron chi connectivity index (χ4n) is 2.41. The summed E-state index contributed by atoms with van der Waals surface area (Å²) in [5.74, 6) is 0. The predicted octanol–water partition coefficient (Wildman–Crippen LogP) is 3.15. The van der Waals surface area contributed by atoms with Crippen LogP contribution in [0.25, 0.3) is 0 Å². The summed E-state index contributed by atoms with van der Waals surface area (Å²) in [5, 5.41) is 2.70. The van der Waals surface area contributed by atoms with E-state index in [-0.39, 0.29) is 23.3 Å². The van der Waals surface area contributed by atoms with Crippen molar-refractivity contribution >= 4 is 34.0 Å². The number of hydrogen-bond donors (Lipinski definition) is 1. The van der Waals surface area contributed by atoms with E-state index in [4.69, 9.17) is 11.6 Å². The van der Waals surface area contributed by atoms with E-state index in [1.165, 1.54) is 11.4 Å². The second kappa shape index (κ2) is 7.57. The first kappa shape index (κ1) is 20.5.